The Morgan fingerprint density at radius 1 is 1.36 bits per heavy atom. The molecule has 0 saturated heterocycles. The Bertz CT molecular complexity index is 364. The van der Waals surface area contributed by atoms with E-state index in [-0.39, 0.29) is 0 Å². The van der Waals surface area contributed by atoms with E-state index < -0.39 is 6.35 Å². The van der Waals surface area contributed by atoms with Crippen LogP contribution < -0.4 is 10.6 Å². The first-order chi connectivity index (χ1) is 6.70. The van der Waals surface area contributed by atoms with Crippen LogP contribution in [0.5, 0.6) is 0 Å². The summed E-state index contributed by atoms with van der Waals surface area (Å²) >= 11 is 2.15. The average Bonchev–Trinajstić information content (AvgIpc) is 2.43. The molecule has 0 radical (unpaired) electrons. The van der Waals surface area contributed by atoms with E-state index >= 15 is 0 Å². The highest BCUT2D eigenvalue weighted by Gasteiger charge is 2.27. The number of hydrogen-bond donors (Lipinski definition) is 1. The Balaban J connectivity index is 2.36. The van der Waals surface area contributed by atoms with Gasteiger partial charge in [0, 0.05) is 28.3 Å². The second kappa shape index (κ2) is 3.78. The minimum Gasteiger partial charge on any atom is -0.449 e. The average molecular weight is 302 g/mol. The summed E-state index contributed by atoms with van der Waals surface area (Å²) in [7, 11) is 0. The normalized spacial score (nSPS) is 21.4. The van der Waals surface area contributed by atoms with Crippen molar-refractivity contribution in [3.8, 4) is 0 Å². The van der Waals surface area contributed by atoms with Gasteiger partial charge in [-0.15, -0.1) is 0 Å². The Labute approximate surface area is 96.7 Å². The van der Waals surface area contributed by atoms with E-state index in [1.807, 2.05) is 42.2 Å². The SMILES string of the molecule is CC1=C(I)OC(N)N1c1ccccc1. The number of para-hydroxylation sites is 1. The smallest absolute Gasteiger partial charge is 0.232 e. The third-order valence-electron chi connectivity index (χ3n) is 2.16. The third kappa shape index (κ3) is 1.59. The molecule has 74 valence electrons. The molecule has 3 nitrogen and oxygen atoms in total. The van der Waals surface area contributed by atoms with Crippen LogP contribution in [0, 0.1) is 0 Å². The minimum absolute atomic E-state index is 0.399. The van der Waals surface area contributed by atoms with E-state index in [2.05, 4.69) is 22.6 Å². The summed E-state index contributed by atoms with van der Waals surface area (Å²) in [6, 6.07) is 9.99. The molecule has 1 aliphatic heterocycles. The molecule has 14 heavy (non-hydrogen) atoms. The molecule has 1 aliphatic rings. The molecular formula is C10H11IN2O. The van der Waals surface area contributed by atoms with Crippen molar-refractivity contribution in [1.82, 2.24) is 0 Å². The number of ether oxygens (including phenoxy) is 1. The van der Waals surface area contributed by atoms with Crippen molar-refractivity contribution < 1.29 is 4.74 Å². The van der Waals surface area contributed by atoms with Gasteiger partial charge in [-0.3, -0.25) is 10.6 Å². The van der Waals surface area contributed by atoms with Gasteiger partial charge in [0.15, 0.2) is 3.77 Å². The molecular weight excluding hydrogens is 291 g/mol. The summed E-state index contributed by atoms with van der Waals surface area (Å²) in [6.07, 6.45) is -0.399. The van der Waals surface area contributed by atoms with Crippen LogP contribution in [0.25, 0.3) is 0 Å². The lowest BCUT2D eigenvalue weighted by molar-refractivity contribution is 0.174. The van der Waals surface area contributed by atoms with Crippen LogP contribution in [0.4, 0.5) is 5.69 Å². The molecule has 1 unspecified atom stereocenters. The lowest BCUT2D eigenvalue weighted by atomic mass is 10.3. The first-order valence-corrected chi connectivity index (χ1v) is 5.41. The van der Waals surface area contributed by atoms with E-state index in [9.17, 15) is 0 Å². The van der Waals surface area contributed by atoms with Crippen LogP contribution in [-0.4, -0.2) is 6.35 Å². The standard InChI is InChI=1S/C10H11IN2O/c1-7-9(11)14-10(12)13(7)8-5-3-2-4-6-8/h2-6,10H,12H2,1H3. The van der Waals surface area contributed by atoms with Crippen LogP contribution in [0.2, 0.25) is 0 Å². The highest BCUT2D eigenvalue weighted by atomic mass is 127. The van der Waals surface area contributed by atoms with Crippen LogP contribution in [0.1, 0.15) is 6.92 Å². The molecule has 0 saturated carbocycles. The summed E-state index contributed by atoms with van der Waals surface area (Å²) in [5.41, 5.74) is 7.97. The fourth-order valence-corrected chi connectivity index (χ4v) is 1.98. The number of nitrogens with zero attached hydrogens (tertiary/aromatic N) is 1. The number of anilines is 1. The highest BCUT2D eigenvalue weighted by Crippen LogP contribution is 2.32. The number of nitrogens with two attached hydrogens (primary N) is 1. The molecule has 0 bridgehead atoms. The van der Waals surface area contributed by atoms with Gasteiger partial charge in [-0.05, 0) is 19.1 Å². The van der Waals surface area contributed by atoms with Gasteiger partial charge in [0.2, 0.25) is 6.35 Å². The summed E-state index contributed by atoms with van der Waals surface area (Å²) in [4.78, 5) is 1.97. The lowest BCUT2D eigenvalue weighted by Gasteiger charge is -2.22. The zero-order chi connectivity index (χ0) is 10.1. The Morgan fingerprint density at radius 3 is 2.50 bits per heavy atom. The third-order valence-corrected chi connectivity index (χ3v) is 3.19. The summed E-state index contributed by atoms with van der Waals surface area (Å²) in [5, 5.41) is 0. The van der Waals surface area contributed by atoms with Gasteiger partial charge < -0.3 is 4.74 Å². The number of halogens is 1. The Kier molecular flexibility index (Phi) is 2.64. The van der Waals surface area contributed by atoms with Gasteiger partial charge in [-0.25, -0.2) is 0 Å². The number of allylic oxidation sites excluding steroid dienone is 1. The minimum atomic E-state index is -0.399. The monoisotopic (exact) mass is 302 g/mol. The van der Waals surface area contributed by atoms with Crippen molar-refractivity contribution in [3.63, 3.8) is 0 Å². The molecule has 0 aromatic heterocycles. The van der Waals surface area contributed by atoms with Crippen LogP contribution in [0.3, 0.4) is 0 Å². The van der Waals surface area contributed by atoms with Crippen molar-refractivity contribution in [2.24, 2.45) is 5.73 Å². The first-order valence-electron chi connectivity index (χ1n) is 4.33. The second-order valence-electron chi connectivity index (χ2n) is 3.07. The van der Waals surface area contributed by atoms with Crippen LogP contribution in [-0.2, 0) is 4.74 Å². The van der Waals surface area contributed by atoms with Crippen molar-refractivity contribution >= 4 is 28.3 Å². The highest BCUT2D eigenvalue weighted by molar-refractivity contribution is 14.1. The number of benzene rings is 1. The van der Waals surface area contributed by atoms with Gasteiger partial charge in [0.1, 0.15) is 0 Å². The molecule has 0 aliphatic carbocycles. The van der Waals surface area contributed by atoms with Gasteiger partial charge >= 0.3 is 0 Å². The second-order valence-corrected chi connectivity index (χ2v) is 4.05. The van der Waals surface area contributed by atoms with Crippen LogP contribution >= 0.6 is 22.6 Å². The lowest BCUT2D eigenvalue weighted by Crippen LogP contribution is -2.37. The van der Waals surface area contributed by atoms with Gasteiger partial charge in [-0.1, -0.05) is 18.2 Å². The van der Waals surface area contributed by atoms with Crippen molar-refractivity contribution in [2.75, 3.05) is 4.90 Å². The maximum atomic E-state index is 5.85. The molecule has 0 spiro atoms. The molecule has 1 atom stereocenters. The fraction of sp³-hybridized carbons (Fsp3) is 0.200. The predicted molar refractivity (Wildman–Crippen MR) is 64.7 cm³/mol. The molecule has 1 aromatic carbocycles. The molecule has 4 heteroatoms. The molecule has 1 aromatic rings. The van der Waals surface area contributed by atoms with E-state index in [0.29, 0.717) is 0 Å². The van der Waals surface area contributed by atoms with Crippen LogP contribution in [0.15, 0.2) is 39.8 Å². The molecule has 1 heterocycles. The zero-order valence-electron chi connectivity index (χ0n) is 7.77. The number of rotatable bonds is 1. The van der Waals surface area contributed by atoms with E-state index in [1.54, 1.807) is 0 Å². The maximum Gasteiger partial charge on any atom is 0.232 e. The maximum absolute atomic E-state index is 5.85. The van der Waals surface area contributed by atoms with E-state index in [0.717, 1.165) is 15.2 Å². The molecule has 0 fully saturated rings. The summed E-state index contributed by atoms with van der Waals surface area (Å²) in [5.74, 6) is 0. The number of hydrogen-bond acceptors (Lipinski definition) is 3. The summed E-state index contributed by atoms with van der Waals surface area (Å²) < 4.78 is 6.27. The molecule has 0 amide bonds. The van der Waals surface area contributed by atoms with Gasteiger partial charge in [0.05, 0.1) is 5.70 Å². The Morgan fingerprint density at radius 2 is 2.00 bits per heavy atom. The van der Waals surface area contributed by atoms with Gasteiger partial charge in [-0.2, -0.15) is 0 Å². The fourth-order valence-electron chi connectivity index (χ4n) is 1.46. The Hall–Kier alpha value is -0.750. The van der Waals surface area contributed by atoms with E-state index in [1.165, 1.54) is 0 Å². The molecule has 2 N–H and O–H groups in total. The van der Waals surface area contributed by atoms with Crippen molar-refractivity contribution in [2.45, 2.75) is 13.3 Å². The molecule has 2 rings (SSSR count). The first kappa shape index (κ1) is 9.79. The predicted octanol–water partition coefficient (Wildman–Crippen LogP) is 2.39. The van der Waals surface area contributed by atoms with Crippen molar-refractivity contribution in [3.05, 3.63) is 39.8 Å². The van der Waals surface area contributed by atoms with E-state index in [4.69, 9.17) is 10.5 Å². The zero-order valence-corrected chi connectivity index (χ0v) is 9.93. The topological polar surface area (TPSA) is 38.5 Å². The van der Waals surface area contributed by atoms with Crippen molar-refractivity contribution in [1.29, 1.82) is 0 Å². The summed E-state index contributed by atoms with van der Waals surface area (Å²) in [6.45, 7) is 2.00. The largest absolute Gasteiger partial charge is 0.449 e. The quantitative estimate of drug-likeness (QED) is 0.810. The van der Waals surface area contributed by atoms with Gasteiger partial charge in [0.25, 0.3) is 0 Å².